The zero-order valence-corrected chi connectivity index (χ0v) is 13.1. The molecular formula is C18H25NO5S. The van der Waals surface area contributed by atoms with Crippen LogP contribution in [0.25, 0.3) is 12.2 Å². The van der Waals surface area contributed by atoms with Crippen molar-refractivity contribution < 1.29 is 21.6 Å². The second kappa shape index (κ2) is 11.4. The Labute approximate surface area is 150 Å². The Morgan fingerprint density at radius 3 is 1.96 bits per heavy atom. The van der Waals surface area contributed by atoms with Crippen LogP contribution in [-0.2, 0) is 18.9 Å². The van der Waals surface area contributed by atoms with Crippen molar-refractivity contribution in [2.24, 2.45) is 5.90 Å². The van der Waals surface area contributed by atoms with Gasteiger partial charge in [-0.1, -0.05) is 69.5 Å². The average molecular weight is 367 g/mol. The fourth-order valence-corrected chi connectivity index (χ4v) is 2.08. The Morgan fingerprint density at radius 1 is 0.840 bits per heavy atom. The van der Waals surface area contributed by atoms with Gasteiger partial charge in [-0.05, 0) is 23.3 Å². The Hall–Kier alpha value is -2.19. The van der Waals surface area contributed by atoms with Gasteiger partial charge in [0.1, 0.15) is 19.0 Å². The van der Waals surface area contributed by atoms with Crippen molar-refractivity contribution in [2.75, 3.05) is 13.2 Å². The van der Waals surface area contributed by atoms with Gasteiger partial charge < -0.3 is 4.74 Å². The first-order valence-electron chi connectivity index (χ1n) is 6.83. The molecule has 0 saturated carbocycles. The molecule has 0 atom stereocenters. The van der Waals surface area contributed by atoms with Crippen LogP contribution in [0.15, 0.2) is 54.6 Å². The summed E-state index contributed by atoms with van der Waals surface area (Å²) in [5, 5.41) is 0. The van der Waals surface area contributed by atoms with Gasteiger partial charge in [0.15, 0.2) is 0 Å². The van der Waals surface area contributed by atoms with Crippen LogP contribution in [-0.4, -0.2) is 21.6 Å². The Bertz CT molecular complexity index is 728. The molecule has 2 aromatic rings. The van der Waals surface area contributed by atoms with Crippen molar-refractivity contribution in [3.05, 3.63) is 65.7 Å². The average Bonchev–Trinajstić information content (AvgIpc) is 2.59. The summed E-state index contributed by atoms with van der Waals surface area (Å²) < 4.78 is 35.0. The Kier molecular flexibility index (Phi) is 10.4. The summed E-state index contributed by atoms with van der Waals surface area (Å²) in [6, 6.07) is 17.4. The molecule has 0 spiro atoms. The first-order valence-corrected chi connectivity index (χ1v) is 8.16. The van der Waals surface area contributed by atoms with E-state index in [1.165, 1.54) is 0 Å². The number of hydrogen-bond donors (Lipinski definition) is 1. The van der Waals surface area contributed by atoms with E-state index in [0.29, 0.717) is 5.75 Å². The van der Waals surface area contributed by atoms with Crippen LogP contribution in [0.1, 0.15) is 26.0 Å². The minimum Gasteiger partial charge on any atom is -0.491 e. The lowest BCUT2D eigenvalue weighted by Crippen LogP contribution is -2.17. The van der Waals surface area contributed by atoms with E-state index in [1.54, 1.807) is 12.1 Å². The van der Waals surface area contributed by atoms with E-state index in [4.69, 9.17) is 4.74 Å². The van der Waals surface area contributed by atoms with E-state index < -0.39 is 10.4 Å². The lowest BCUT2D eigenvalue weighted by Gasteiger charge is -2.06. The molecular weight excluding hydrogens is 342 g/mol. The molecule has 2 N–H and O–H groups in total. The molecule has 2 rings (SSSR count). The van der Waals surface area contributed by atoms with Gasteiger partial charge in [0.25, 0.3) is 0 Å². The first-order chi connectivity index (χ1) is 11.1. The van der Waals surface area contributed by atoms with Crippen molar-refractivity contribution in [1.82, 2.24) is 0 Å². The van der Waals surface area contributed by atoms with Crippen molar-refractivity contribution in [3.8, 4) is 5.75 Å². The van der Waals surface area contributed by atoms with Crippen LogP contribution >= 0.6 is 0 Å². The zero-order valence-electron chi connectivity index (χ0n) is 12.3. The van der Waals surface area contributed by atoms with Gasteiger partial charge in [0.05, 0.1) is 0 Å². The van der Waals surface area contributed by atoms with Gasteiger partial charge in [0, 0.05) is 0 Å². The Balaban J connectivity index is 0.00000288. The molecule has 0 saturated heterocycles. The van der Waals surface area contributed by atoms with E-state index in [-0.39, 0.29) is 28.1 Å². The third-order valence-corrected chi connectivity index (χ3v) is 3.54. The fourth-order valence-electron chi connectivity index (χ4n) is 1.76. The minimum atomic E-state index is -4.13. The summed E-state index contributed by atoms with van der Waals surface area (Å²) in [6.45, 7) is -0.128. The van der Waals surface area contributed by atoms with Gasteiger partial charge in [-0.2, -0.15) is 18.6 Å². The van der Waals surface area contributed by atoms with Crippen LogP contribution in [0.3, 0.4) is 0 Å². The summed E-state index contributed by atoms with van der Waals surface area (Å²) in [6.07, 6.45) is 4.01. The lowest BCUT2D eigenvalue weighted by atomic mass is 10.1. The van der Waals surface area contributed by atoms with Gasteiger partial charge in [-0.15, -0.1) is 0 Å². The highest BCUT2D eigenvalue weighted by Gasteiger charge is 2.08. The van der Waals surface area contributed by atoms with E-state index in [0.717, 1.165) is 11.1 Å². The topological polar surface area (TPSA) is 87.9 Å². The summed E-state index contributed by atoms with van der Waals surface area (Å²) in [5.74, 6) is 5.13. The molecule has 0 heterocycles. The predicted octanol–water partition coefficient (Wildman–Crippen LogP) is 3.66. The molecule has 138 valence electrons. The number of rotatable bonds is 8. The predicted molar refractivity (Wildman–Crippen MR) is 101 cm³/mol. The SMILES string of the molecule is C.C.NOS(=O)(=O)OCCOc1ccc(C=Cc2ccccc2)cc1. The number of benzene rings is 2. The third kappa shape index (κ3) is 8.46. The van der Waals surface area contributed by atoms with Crippen molar-refractivity contribution in [3.63, 3.8) is 0 Å². The number of hydrogen-bond acceptors (Lipinski definition) is 6. The smallest absolute Gasteiger partial charge is 0.416 e. The van der Waals surface area contributed by atoms with Crippen molar-refractivity contribution in [1.29, 1.82) is 0 Å². The quantitative estimate of drug-likeness (QED) is 0.435. The van der Waals surface area contributed by atoms with Crippen LogP contribution < -0.4 is 10.6 Å². The second-order valence-electron chi connectivity index (χ2n) is 4.49. The van der Waals surface area contributed by atoms with E-state index in [2.05, 4.69) is 14.4 Å². The van der Waals surface area contributed by atoms with Crippen LogP contribution in [0.5, 0.6) is 5.75 Å². The first kappa shape index (κ1) is 22.8. The maximum atomic E-state index is 10.8. The molecule has 0 bridgehead atoms. The van der Waals surface area contributed by atoms with E-state index >= 15 is 0 Å². The monoisotopic (exact) mass is 367 g/mol. The maximum Gasteiger partial charge on any atom is 0.416 e. The zero-order chi connectivity index (χ0) is 16.5. The largest absolute Gasteiger partial charge is 0.491 e. The molecule has 0 aliphatic rings. The van der Waals surface area contributed by atoms with Gasteiger partial charge in [0.2, 0.25) is 0 Å². The lowest BCUT2D eigenvalue weighted by molar-refractivity contribution is 0.179. The molecule has 6 nitrogen and oxygen atoms in total. The summed E-state index contributed by atoms with van der Waals surface area (Å²) in [7, 11) is -4.13. The van der Waals surface area contributed by atoms with Crippen LogP contribution in [0.4, 0.5) is 0 Å². The maximum absolute atomic E-state index is 10.8. The summed E-state index contributed by atoms with van der Waals surface area (Å²) in [5.41, 5.74) is 2.14. The van der Waals surface area contributed by atoms with Gasteiger partial charge >= 0.3 is 10.4 Å². The molecule has 0 radical (unpaired) electrons. The second-order valence-corrected chi connectivity index (χ2v) is 5.73. The van der Waals surface area contributed by atoms with Crippen LogP contribution in [0.2, 0.25) is 0 Å². The number of ether oxygens (including phenoxy) is 1. The molecule has 0 aliphatic carbocycles. The molecule has 25 heavy (non-hydrogen) atoms. The highest BCUT2D eigenvalue weighted by Crippen LogP contribution is 2.14. The normalized spacial score (nSPS) is 10.8. The van der Waals surface area contributed by atoms with Crippen LogP contribution in [0, 0.1) is 0 Å². The summed E-state index contributed by atoms with van der Waals surface area (Å²) in [4.78, 5) is 0. The number of nitrogens with two attached hydrogens (primary N) is 1. The van der Waals surface area contributed by atoms with Gasteiger partial charge in [-0.25, -0.2) is 4.18 Å². The Morgan fingerprint density at radius 2 is 1.40 bits per heavy atom. The molecule has 0 unspecified atom stereocenters. The molecule has 7 heteroatoms. The van der Waals surface area contributed by atoms with E-state index in [9.17, 15) is 8.42 Å². The third-order valence-electron chi connectivity index (χ3n) is 2.85. The molecule has 2 aromatic carbocycles. The van der Waals surface area contributed by atoms with Crippen molar-refractivity contribution in [2.45, 2.75) is 14.9 Å². The van der Waals surface area contributed by atoms with Gasteiger partial charge in [-0.3, -0.25) is 0 Å². The minimum absolute atomic E-state index is 0. The van der Waals surface area contributed by atoms with Crippen molar-refractivity contribution >= 4 is 22.6 Å². The standard InChI is InChI=1S/C16H17NO5S.2CH4/c17-22-23(18,19)21-13-12-20-16-10-8-15(9-11-16)7-6-14-4-2-1-3-5-14;;/h1-11H,12-13,17H2;2*1H4. The molecule has 0 aliphatic heterocycles. The highest BCUT2D eigenvalue weighted by atomic mass is 32.3. The molecule has 0 fully saturated rings. The van der Waals surface area contributed by atoms with E-state index in [1.807, 2.05) is 54.6 Å². The molecule has 0 amide bonds. The summed E-state index contributed by atoms with van der Waals surface area (Å²) >= 11 is 0. The molecule has 0 aromatic heterocycles. The highest BCUT2D eigenvalue weighted by molar-refractivity contribution is 7.81. The fraction of sp³-hybridized carbons (Fsp3) is 0.222.